The zero-order chi connectivity index (χ0) is 13.3. The third-order valence-electron chi connectivity index (χ3n) is 2.31. The van der Waals surface area contributed by atoms with Gasteiger partial charge in [-0.3, -0.25) is 10.7 Å². The second-order valence-corrected chi connectivity index (χ2v) is 3.59. The summed E-state index contributed by atoms with van der Waals surface area (Å²) in [4.78, 5) is 21.9. The van der Waals surface area contributed by atoms with Gasteiger partial charge in [0.05, 0.1) is 7.11 Å². The molecule has 1 rings (SSSR count). The fourth-order valence-corrected chi connectivity index (χ4v) is 1.44. The van der Waals surface area contributed by atoms with Crippen LogP contribution in [0.3, 0.4) is 0 Å². The van der Waals surface area contributed by atoms with Crippen molar-refractivity contribution >= 4 is 11.9 Å². The van der Waals surface area contributed by atoms with E-state index in [4.69, 9.17) is 0 Å². The van der Waals surface area contributed by atoms with E-state index < -0.39 is 30.1 Å². The average Bonchev–Trinajstić information content (AvgIpc) is 2.59. The third-order valence-corrected chi connectivity index (χ3v) is 2.31. The van der Waals surface area contributed by atoms with E-state index in [1.165, 1.54) is 6.92 Å². The zero-order valence-electron chi connectivity index (χ0n) is 10.1. The number of ether oxygens (including phenoxy) is 2. The van der Waals surface area contributed by atoms with Crippen molar-refractivity contribution in [3.8, 4) is 0 Å². The predicted octanol–water partition coefficient (Wildman–Crippen LogP) is -1.44. The molecule has 1 unspecified atom stereocenters. The summed E-state index contributed by atoms with van der Waals surface area (Å²) in [5.41, 5.74) is -2.76. The summed E-state index contributed by atoms with van der Waals surface area (Å²) in [7, 11) is 1.06. The summed E-state index contributed by atoms with van der Waals surface area (Å²) in [5.74, 6) is -2.13. The minimum Gasteiger partial charge on any atom is -0.491 e. The molecule has 0 saturated carbocycles. The van der Waals surface area contributed by atoms with Crippen LogP contribution in [-0.2, 0) is 19.1 Å². The molecule has 0 saturated heterocycles. The molecule has 1 aliphatic rings. The van der Waals surface area contributed by atoms with Gasteiger partial charge in [0.25, 0.3) is 0 Å². The van der Waals surface area contributed by atoms with Gasteiger partial charge in [0.15, 0.2) is 5.97 Å². The summed E-state index contributed by atoms with van der Waals surface area (Å²) in [6, 6.07) is 0. The molecule has 0 amide bonds. The van der Waals surface area contributed by atoms with Gasteiger partial charge in [-0.25, -0.2) is 4.79 Å². The van der Waals surface area contributed by atoms with Crippen LogP contribution in [0, 0.1) is 5.92 Å². The Kier molecular flexibility index (Phi) is 6.41. The molecule has 18 heavy (non-hydrogen) atoms. The van der Waals surface area contributed by atoms with E-state index >= 15 is 0 Å². The van der Waals surface area contributed by atoms with Crippen molar-refractivity contribution in [1.29, 1.82) is 0 Å². The van der Waals surface area contributed by atoms with Crippen molar-refractivity contribution in [2.75, 3.05) is 7.11 Å². The number of esters is 2. The van der Waals surface area contributed by atoms with Crippen molar-refractivity contribution in [3.63, 3.8) is 0 Å². The Bertz CT molecular complexity index is 367. The molecule has 0 N–H and O–H groups in total. The molecule has 0 spiro atoms. The van der Waals surface area contributed by atoms with Crippen LogP contribution in [0.5, 0.6) is 0 Å². The van der Waals surface area contributed by atoms with Gasteiger partial charge in [0, 0.05) is 6.08 Å². The Morgan fingerprint density at radius 1 is 1.56 bits per heavy atom. The van der Waals surface area contributed by atoms with Gasteiger partial charge >= 0.3 is 63.5 Å². The summed E-state index contributed by atoms with van der Waals surface area (Å²) < 4.78 is 47.0. The molecule has 0 fully saturated rings. The number of alkyl halides is 3. The van der Waals surface area contributed by atoms with E-state index in [1.807, 2.05) is 0 Å². The fourth-order valence-electron chi connectivity index (χ4n) is 1.44. The molecule has 1 heterocycles. The van der Waals surface area contributed by atoms with Crippen molar-refractivity contribution in [2.24, 2.45) is 0 Å². The molecule has 0 aromatic rings. The first-order chi connectivity index (χ1) is 7.72. The standard InChI is InChI=1S/C10H10F3O4.K/c1-6(8(15)16-2)5-9(10(11,12)13)4-3-7(14)17-9;/h3-4H,5H2,1-2H3;/q-1;+1. The van der Waals surface area contributed by atoms with Crippen molar-refractivity contribution in [2.45, 2.75) is 25.1 Å². The zero-order valence-corrected chi connectivity index (χ0v) is 13.3. The maximum atomic E-state index is 12.8. The molecule has 0 aromatic carbocycles. The van der Waals surface area contributed by atoms with Gasteiger partial charge in [-0.2, -0.15) is 20.1 Å². The Hall–Kier alpha value is -0.0236. The van der Waals surface area contributed by atoms with E-state index in [-0.39, 0.29) is 57.3 Å². The van der Waals surface area contributed by atoms with Crippen LogP contribution in [0.4, 0.5) is 13.2 Å². The number of hydrogen-bond acceptors (Lipinski definition) is 4. The third kappa shape index (κ3) is 3.73. The van der Waals surface area contributed by atoms with Gasteiger partial charge in [-0.05, 0) is 6.08 Å². The second kappa shape index (κ2) is 6.42. The van der Waals surface area contributed by atoms with Crippen molar-refractivity contribution in [1.82, 2.24) is 0 Å². The molecule has 4 nitrogen and oxygen atoms in total. The van der Waals surface area contributed by atoms with Gasteiger partial charge < -0.3 is 9.47 Å². The maximum Gasteiger partial charge on any atom is 1.00 e. The number of carbonyl (C=O) groups is 2. The number of hydrogen-bond donors (Lipinski definition) is 0. The van der Waals surface area contributed by atoms with Crippen LogP contribution < -0.4 is 51.4 Å². The first-order valence-corrected chi connectivity index (χ1v) is 4.61. The van der Waals surface area contributed by atoms with Gasteiger partial charge in [0.1, 0.15) is 0 Å². The van der Waals surface area contributed by atoms with Crippen molar-refractivity contribution < 1.29 is 83.6 Å². The van der Waals surface area contributed by atoms with Gasteiger partial charge in [0.2, 0.25) is 5.60 Å². The normalized spacial score (nSPS) is 22.2. The average molecular weight is 290 g/mol. The molecule has 1 atom stereocenters. The van der Waals surface area contributed by atoms with Crippen LogP contribution >= 0.6 is 0 Å². The number of methoxy groups -OCH3 is 1. The number of cyclic esters (lactones) is 1. The van der Waals surface area contributed by atoms with E-state index in [1.54, 1.807) is 0 Å². The SMILES string of the molecule is COC(=O)[C-](C)CC1(C(F)(F)F)C=CC(=O)O1.[K+]. The van der Waals surface area contributed by atoms with E-state index in [0.29, 0.717) is 12.2 Å². The van der Waals surface area contributed by atoms with Crippen LogP contribution in [0.25, 0.3) is 0 Å². The minimum atomic E-state index is -4.79. The molecule has 0 aromatic heterocycles. The van der Waals surface area contributed by atoms with Crippen LogP contribution in [0.1, 0.15) is 13.3 Å². The number of carbonyl (C=O) groups excluding carboxylic acids is 2. The molecule has 0 radical (unpaired) electrons. The summed E-state index contributed by atoms with van der Waals surface area (Å²) >= 11 is 0. The van der Waals surface area contributed by atoms with E-state index in [9.17, 15) is 22.8 Å². The summed E-state index contributed by atoms with van der Waals surface area (Å²) in [6.45, 7) is 1.19. The van der Waals surface area contributed by atoms with Crippen LogP contribution in [0.2, 0.25) is 0 Å². The molecule has 0 bridgehead atoms. The molecular weight excluding hydrogens is 280 g/mol. The first kappa shape index (κ1) is 18.0. The monoisotopic (exact) mass is 290 g/mol. The van der Waals surface area contributed by atoms with Crippen molar-refractivity contribution in [3.05, 3.63) is 18.1 Å². The number of halogens is 3. The second-order valence-electron chi connectivity index (χ2n) is 3.59. The quantitative estimate of drug-likeness (QED) is 0.363. The smallest absolute Gasteiger partial charge is 0.491 e. The van der Waals surface area contributed by atoms with Crippen LogP contribution in [-0.4, -0.2) is 30.8 Å². The maximum absolute atomic E-state index is 12.8. The molecule has 1 aliphatic heterocycles. The fraction of sp³-hybridized carbons (Fsp3) is 0.500. The summed E-state index contributed by atoms with van der Waals surface area (Å²) in [5, 5.41) is 0. The molecule has 0 aliphatic carbocycles. The Morgan fingerprint density at radius 3 is 2.44 bits per heavy atom. The summed E-state index contributed by atoms with van der Waals surface area (Å²) in [6.07, 6.45) is -4.25. The van der Waals surface area contributed by atoms with Gasteiger partial charge in [-0.1, -0.05) is 0 Å². The Labute approximate surface area is 144 Å². The Morgan fingerprint density at radius 2 is 2.11 bits per heavy atom. The number of rotatable bonds is 3. The minimum absolute atomic E-state index is 0. The van der Waals surface area contributed by atoms with Crippen LogP contribution in [0.15, 0.2) is 12.2 Å². The first-order valence-electron chi connectivity index (χ1n) is 4.61. The van der Waals surface area contributed by atoms with E-state index in [0.717, 1.165) is 7.11 Å². The molecular formula is C10H10F3KO4. The Balaban J connectivity index is 0.00000289. The van der Waals surface area contributed by atoms with Gasteiger partial charge in [-0.15, -0.1) is 6.42 Å². The molecule has 96 valence electrons. The largest absolute Gasteiger partial charge is 1.00 e. The predicted molar refractivity (Wildman–Crippen MR) is 49.6 cm³/mol. The molecule has 8 heteroatoms. The topological polar surface area (TPSA) is 52.6 Å². The van der Waals surface area contributed by atoms with E-state index in [2.05, 4.69) is 9.47 Å².